The van der Waals surface area contributed by atoms with Gasteiger partial charge in [0.2, 0.25) is 0 Å². The van der Waals surface area contributed by atoms with Crippen LogP contribution in [-0.2, 0) is 23.8 Å². The van der Waals surface area contributed by atoms with Crippen molar-refractivity contribution in [3.05, 3.63) is 0 Å². The Morgan fingerprint density at radius 1 is 1.29 bits per heavy atom. The van der Waals surface area contributed by atoms with Gasteiger partial charge in [-0.2, -0.15) is 0 Å². The van der Waals surface area contributed by atoms with E-state index in [0.717, 1.165) is 6.54 Å². The highest BCUT2D eigenvalue weighted by atomic mass is 16.6. The van der Waals surface area contributed by atoms with E-state index in [4.69, 9.17) is 14.2 Å². The summed E-state index contributed by atoms with van der Waals surface area (Å²) in [5.74, 6) is -0.944. The molecular formula is C11H21NO5. The summed E-state index contributed by atoms with van der Waals surface area (Å²) >= 11 is 0. The van der Waals surface area contributed by atoms with Crippen LogP contribution in [0.3, 0.4) is 0 Å². The van der Waals surface area contributed by atoms with E-state index in [1.54, 1.807) is 7.05 Å². The minimum absolute atomic E-state index is 0.164. The summed E-state index contributed by atoms with van der Waals surface area (Å²) in [5, 5.41) is 2.92. The van der Waals surface area contributed by atoms with Crippen molar-refractivity contribution >= 4 is 11.9 Å². The summed E-state index contributed by atoms with van der Waals surface area (Å²) in [4.78, 5) is 22.6. The summed E-state index contributed by atoms with van der Waals surface area (Å²) < 4.78 is 14.5. The molecule has 0 amide bonds. The van der Waals surface area contributed by atoms with Gasteiger partial charge < -0.3 is 19.5 Å². The lowest BCUT2D eigenvalue weighted by molar-refractivity contribution is -0.167. The number of carbonyl (C=O) groups excluding carboxylic acids is 2. The maximum atomic E-state index is 11.3. The Kier molecular flexibility index (Phi) is 9.37. The summed E-state index contributed by atoms with van der Waals surface area (Å²) in [7, 11) is 3.32. The first-order valence-electron chi connectivity index (χ1n) is 5.61. The fourth-order valence-corrected chi connectivity index (χ4v) is 1.06. The molecule has 0 aliphatic rings. The molecule has 17 heavy (non-hydrogen) atoms. The maximum absolute atomic E-state index is 11.3. The first kappa shape index (κ1) is 15.9. The van der Waals surface area contributed by atoms with E-state index in [9.17, 15) is 9.59 Å². The van der Waals surface area contributed by atoms with Gasteiger partial charge in [0.1, 0.15) is 6.61 Å². The van der Waals surface area contributed by atoms with Crippen LogP contribution in [0.4, 0.5) is 0 Å². The average molecular weight is 247 g/mol. The van der Waals surface area contributed by atoms with Gasteiger partial charge in [-0.05, 0) is 26.9 Å². The lowest BCUT2D eigenvalue weighted by Gasteiger charge is -2.12. The topological polar surface area (TPSA) is 73.9 Å². The van der Waals surface area contributed by atoms with Crippen LogP contribution in [0.5, 0.6) is 0 Å². The van der Waals surface area contributed by atoms with Gasteiger partial charge in [0.25, 0.3) is 0 Å². The van der Waals surface area contributed by atoms with Crippen molar-refractivity contribution in [3.63, 3.8) is 0 Å². The number of hydrogen-bond donors (Lipinski definition) is 1. The molecule has 0 aromatic carbocycles. The molecule has 0 fully saturated rings. The standard InChI is InChI=1S/C11H21NO5/c1-9(11(14)16-8-7-15-3)17-10(13)5-4-6-12-2/h9,12H,4-8H2,1-3H3. The second-order valence-corrected chi connectivity index (χ2v) is 3.50. The summed E-state index contributed by atoms with van der Waals surface area (Å²) in [5.41, 5.74) is 0. The molecule has 0 aromatic rings. The van der Waals surface area contributed by atoms with E-state index in [1.165, 1.54) is 14.0 Å². The Morgan fingerprint density at radius 3 is 2.59 bits per heavy atom. The Labute approximate surface area is 102 Å². The van der Waals surface area contributed by atoms with E-state index in [0.29, 0.717) is 13.0 Å². The molecule has 0 saturated heterocycles. The number of rotatable bonds is 9. The maximum Gasteiger partial charge on any atom is 0.347 e. The number of methoxy groups -OCH3 is 1. The van der Waals surface area contributed by atoms with E-state index in [-0.39, 0.29) is 13.0 Å². The Morgan fingerprint density at radius 2 is 2.00 bits per heavy atom. The lowest BCUT2D eigenvalue weighted by Crippen LogP contribution is -2.27. The molecule has 0 rings (SSSR count). The van der Waals surface area contributed by atoms with Crippen molar-refractivity contribution in [2.45, 2.75) is 25.9 Å². The third kappa shape index (κ3) is 8.65. The van der Waals surface area contributed by atoms with Gasteiger partial charge in [0, 0.05) is 13.5 Å². The van der Waals surface area contributed by atoms with Crippen LogP contribution in [0, 0.1) is 0 Å². The first-order chi connectivity index (χ1) is 8.11. The summed E-state index contributed by atoms with van der Waals surface area (Å²) in [6.45, 7) is 2.72. The fraction of sp³-hybridized carbons (Fsp3) is 0.818. The molecule has 0 aliphatic carbocycles. The first-order valence-corrected chi connectivity index (χ1v) is 5.61. The minimum atomic E-state index is -0.867. The third-order valence-electron chi connectivity index (χ3n) is 1.98. The summed E-state index contributed by atoms with van der Waals surface area (Å²) in [6.07, 6.45) is 0.103. The number of esters is 2. The van der Waals surface area contributed by atoms with Crippen LogP contribution in [-0.4, -0.2) is 52.0 Å². The number of hydrogen-bond acceptors (Lipinski definition) is 6. The molecule has 0 aromatic heterocycles. The van der Waals surface area contributed by atoms with Crippen LogP contribution in [0.25, 0.3) is 0 Å². The molecule has 6 heteroatoms. The Balaban J connectivity index is 3.71. The molecule has 1 atom stereocenters. The van der Waals surface area contributed by atoms with E-state index in [1.807, 2.05) is 0 Å². The minimum Gasteiger partial charge on any atom is -0.461 e. The second-order valence-electron chi connectivity index (χ2n) is 3.50. The Hall–Kier alpha value is -1.14. The predicted octanol–water partition coefficient (Wildman–Crippen LogP) is 0.107. The molecule has 0 spiro atoms. The zero-order valence-electron chi connectivity index (χ0n) is 10.7. The molecular weight excluding hydrogens is 226 g/mol. The molecule has 1 unspecified atom stereocenters. The van der Waals surface area contributed by atoms with Gasteiger partial charge in [-0.1, -0.05) is 0 Å². The largest absolute Gasteiger partial charge is 0.461 e. The lowest BCUT2D eigenvalue weighted by atomic mass is 10.3. The quantitative estimate of drug-likeness (QED) is 0.460. The predicted molar refractivity (Wildman–Crippen MR) is 61.5 cm³/mol. The van der Waals surface area contributed by atoms with Crippen LogP contribution in [0.2, 0.25) is 0 Å². The van der Waals surface area contributed by atoms with Gasteiger partial charge in [-0.25, -0.2) is 4.79 Å². The van der Waals surface area contributed by atoms with Crippen molar-refractivity contribution < 1.29 is 23.8 Å². The molecule has 1 N–H and O–H groups in total. The van der Waals surface area contributed by atoms with Gasteiger partial charge in [-0.15, -0.1) is 0 Å². The second kappa shape index (κ2) is 10.0. The van der Waals surface area contributed by atoms with Crippen LogP contribution in [0.15, 0.2) is 0 Å². The van der Waals surface area contributed by atoms with Crippen molar-refractivity contribution in [3.8, 4) is 0 Å². The van der Waals surface area contributed by atoms with Crippen LogP contribution in [0.1, 0.15) is 19.8 Å². The highest BCUT2D eigenvalue weighted by molar-refractivity contribution is 5.78. The molecule has 0 saturated carbocycles. The smallest absolute Gasteiger partial charge is 0.347 e. The number of carbonyl (C=O) groups is 2. The van der Waals surface area contributed by atoms with E-state index < -0.39 is 18.0 Å². The Bertz CT molecular complexity index is 232. The zero-order valence-corrected chi connectivity index (χ0v) is 10.7. The highest BCUT2D eigenvalue weighted by Crippen LogP contribution is 1.99. The molecule has 0 heterocycles. The number of nitrogens with one attached hydrogen (secondary N) is 1. The van der Waals surface area contributed by atoms with Crippen molar-refractivity contribution in [2.75, 3.05) is 33.9 Å². The highest BCUT2D eigenvalue weighted by Gasteiger charge is 2.18. The van der Waals surface area contributed by atoms with Gasteiger partial charge in [0.05, 0.1) is 6.61 Å². The van der Waals surface area contributed by atoms with E-state index >= 15 is 0 Å². The normalized spacial score (nSPS) is 11.9. The summed E-state index contributed by atoms with van der Waals surface area (Å²) in [6, 6.07) is 0. The third-order valence-corrected chi connectivity index (χ3v) is 1.98. The monoisotopic (exact) mass is 247 g/mol. The molecule has 0 radical (unpaired) electrons. The van der Waals surface area contributed by atoms with Gasteiger partial charge >= 0.3 is 11.9 Å². The van der Waals surface area contributed by atoms with Crippen molar-refractivity contribution in [1.82, 2.24) is 5.32 Å². The molecule has 6 nitrogen and oxygen atoms in total. The van der Waals surface area contributed by atoms with E-state index in [2.05, 4.69) is 5.32 Å². The molecule has 0 bridgehead atoms. The zero-order chi connectivity index (χ0) is 13.1. The van der Waals surface area contributed by atoms with Crippen molar-refractivity contribution in [1.29, 1.82) is 0 Å². The van der Waals surface area contributed by atoms with Crippen molar-refractivity contribution in [2.24, 2.45) is 0 Å². The van der Waals surface area contributed by atoms with Gasteiger partial charge in [-0.3, -0.25) is 4.79 Å². The average Bonchev–Trinajstić information content (AvgIpc) is 2.29. The van der Waals surface area contributed by atoms with Gasteiger partial charge in [0.15, 0.2) is 6.10 Å². The van der Waals surface area contributed by atoms with Crippen LogP contribution >= 0.6 is 0 Å². The van der Waals surface area contributed by atoms with Crippen LogP contribution < -0.4 is 5.32 Å². The molecule has 100 valence electrons. The fourth-order valence-electron chi connectivity index (χ4n) is 1.06. The SMILES string of the molecule is CNCCCC(=O)OC(C)C(=O)OCCOC. The number of ether oxygens (including phenoxy) is 3. The molecule has 0 aliphatic heterocycles.